The number of rotatable bonds is 5. The van der Waals surface area contributed by atoms with E-state index >= 15 is 0 Å². The molecule has 0 spiro atoms. The summed E-state index contributed by atoms with van der Waals surface area (Å²) in [5.74, 6) is 1.29. The second kappa shape index (κ2) is 9.59. The summed E-state index contributed by atoms with van der Waals surface area (Å²) in [7, 11) is -0.775. The molecule has 1 N–H and O–H groups in total. The van der Waals surface area contributed by atoms with Gasteiger partial charge >= 0.3 is 6.18 Å². The first-order valence-corrected chi connectivity index (χ1v) is 12.5. The molecule has 7 heteroatoms. The quantitative estimate of drug-likeness (QED) is 0.584. The number of nitrogens with zero attached hydrogens (tertiary/aromatic N) is 1. The summed E-state index contributed by atoms with van der Waals surface area (Å²) in [6.45, 7) is 4.85. The van der Waals surface area contributed by atoms with Gasteiger partial charge in [0.1, 0.15) is 6.54 Å². The monoisotopic (exact) mass is 472 g/mol. The Hall–Kier alpha value is -2.80. The van der Waals surface area contributed by atoms with Crippen LogP contribution in [0, 0.1) is 0 Å². The maximum absolute atomic E-state index is 13.7. The van der Waals surface area contributed by atoms with Crippen LogP contribution in [0.25, 0.3) is 23.1 Å². The molecule has 1 aromatic heterocycles. The number of benzene rings is 2. The van der Waals surface area contributed by atoms with Gasteiger partial charge in [0.25, 0.3) is 0 Å². The topological polar surface area (TPSA) is 34.0 Å². The Morgan fingerprint density at radius 3 is 2.58 bits per heavy atom. The third kappa shape index (κ3) is 5.24. The van der Waals surface area contributed by atoms with Crippen molar-refractivity contribution in [2.24, 2.45) is 0 Å². The summed E-state index contributed by atoms with van der Waals surface area (Å²) in [5.41, 5.74) is 2.52. The lowest BCUT2D eigenvalue weighted by molar-refractivity contribution is -0.140. The van der Waals surface area contributed by atoms with Gasteiger partial charge in [0.2, 0.25) is 0 Å². The van der Waals surface area contributed by atoms with E-state index in [9.17, 15) is 17.4 Å². The largest absolute Gasteiger partial charge is 0.406 e. The van der Waals surface area contributed by atoms with Crippen molar-refractivity contribution in [2.75, 3.05) is 16.8 Å². The van der Waals surface area contributed by atoms with E-state index in [0.717, 1.165) is 34.4 Å². The van der Waals surface area contributed by atoms with Crippen molar-refractivity contribution in [1.82, 2.24) is 4.57 Å². The molecule has 0 amide bonds. The molecule has 3 aromatic rings. The molecule has 0 unspecified atom stereocenters. The van der Waals surface area contributed by atoms with E-state index in [1.807, 2.05) is 55.5 Å². The van der Waals surface area contributed by atoms with Crippen molar-refractivity contribution in [1.29, 1.82) is 0 Å². The highest BCUT2D eigenvalue weighted by Gasteiger charge is 2.30. The number of alkyl halides is 3. The minimum Gasteiger partial charge on any atom is -0.382 e. The van der Waals surface area contributed by atoms with E-state index in [1.165, 1.54) is 4.57 Å². The van der Waals surface area contributed by atoms with Crippen LogP contribution in [0.15, 0.2) is 60.7 Å². The van der Waals surface area contributed by atoms with Gasteiger partial charge in [0.15, 0.2) is 0 Å². The van der Waals surface area contributed by atoms with Crippen LogP contribution >= 0.6 is 0 Å². The first-order valence-electron chi connectivity index (χ1n) is 11.0. The Morgan fingerprint density at radius 2 is 1.91 bits per heavy atom. The smallest absolute Gasteiger partial charge is 0.382 e. The predicted octanol–water partition coefficient (Wildman–Crippen LogP) is 4.71. The zero-order valence-electron chi connectivity index (χ0n) is 18.5. The molecular formula is C26H27F3N2OS. The first kappa shape index (κ1) is 23.4. The number of halogens is 3. The van der Waals surface area contributed by atoms with Crippen LogP contribution in [0.3, 0.4) is 0 Å². The Balaban J connectivity index is 1.93. The molecule has 174 valence electrons. The van der Waals surface area contributed by atoms with Crippen molar-refractivity contribution < 1.29 is 17.4 Å². The van der Waals surface area contributed by atoms with Gasteiger partial charge < -0.3 is 9.88 Å². The van der Waals surface area contributed by atoms with Crippen molar-refractivity contribution in [2.45, 2.75) is 38.5 Å². The average molecular weight is 473 g/mol. The van der Waals surface area contributed by atoms with E-state index < -0.39 is 23.5 Å². The molecule has 0 bridgehead atoms. The van der Waals surface area contributed by atoms with Gasteiger partial charge in [-0.1, -0.05) is 49.1 Å². The number of nitrogens with one attached hydrogen (secondary N) is 1. The van der Waals surface area contributed by atoms with Crippen LogP contribution in [0.4, 0.5) is 18.9 Å². The highest BCUT2D eigenvalue weighted by molar-refractivity contribution is 7.85. The Labute approximate surface area is 193 Å². The van der Waals surface area contributed by atoms with Gasteiger partial charge in [-0.05, 0) is 48.4 Å². The average Bonchev–Trinajstić information content (AvgIpc) is 3.12. The Bertz CT molecular complexity index is 1310. The fraction of sp³-hybridized carbons (Fsp3) is 0.308. The van der Waals surface area contributed by atoms with Crippen LogP contribution in [-0.2, 0) is 17.3 Å². The van der Waals surface area contributed by atoms with Crippen LogP contribution in [0.5, 0.6) is 0 Å². The Morgan fingerprint density at radius 1 is 1.18 bits per heavy atom. The standard InChI is InChI=1S/C26H27F3N2OS/c1-3-7-21(20-9-5-4-8-18(20)2)25-16-22-23(30-19-12-14-33(32)15-13-19)10-6-11-24(22)31(25)17-26(27,28)29/h3-11,16,19,30H,2,12-15,17H2,1H3/b7-3?,21-20+. The summed E-state index contributed by atoms with van der Waals surface area (Å²) in [6, 6.07) is 14.9. The van der Waals surface area contributed by atoms with Gasteiger partial charge in [0, 0.05) is 45.0 Å². The molecule has 1 aliphatic heterocycles. The van der Waals surface area contributed by atoms with Crippen molar-refractivity contribution in [3.63, 3.8) is 0 Å². The molecule has 0 atom stereocenters. The van der Waals surface area contributed by atoms with Gasteiger partial charge in [-0.2, -0.15) is 13.2 Å². The second-order valence-electron chi connectivity index (χ2n) is 8.31. The van der Waals surface area contributed by atoms with E-state index in [0.29, 0.717) is 28.3 Å². The van der Waals surface area contributed by atoms with Crippen molar-refractivity contribution in [3.05, 3.63) is 76.8 Å². The lowest BCUT2D eigenvalue weighted by atomic mass is 10.1. The molecule has 4 rings (SSSR count). The maximum atomic E-state index is 13.7. The summed E-state index contributed by atoms with van der Waals surface area (Å²) >= 11 is 0. The predicted molar refractivity (Wildman–Crippen MR) is 131 cm³/mol. The molecule has 3 nitrogen and oxygen atoms in total. The van der Waals surface area contributed by atoms with Crippen LogP contribution in [-0.4, -0.2) is 32.5 Å². The van der Waals surface area contributed by atoms with E-state index in [4.69, 9.17) is 0 Å². The summed E-state index contributed by atoms with van der Waals surface area (Å²) < 4.78 is 54.0. The lowest BCUT2D eigenvalue weighted by Crippen LogP contribution is -2.29. The highest BCUT2D eigenvalue weighted by Crippen LogP contribution is 2.33. The van der Waals surface area contributed by atoms with Crippen LogP contribution < -0.4 is 15.8 Å². The minimum atomic E-state index is -4.37. The molecule has 1 saturated heterocycles. The molecule has 0 aliphatic carbocycles. The molecule has 1 aliphatic rings. The third-order valence-corrected chi connectivity index (χ3v) is 7.33. The first-order chi connectivity index (χ1) is 15.8. The van der Waals surface area contributed by atoms with Gasteiger partial charge in [0.05, 0.1) is 11.2 Å². The highest BCUT2D eigenvalue weighted by atomic mass is 32.2. The summed E-state index contributed by atoms with van der Waals surface area (Å²) in [6.07, 6.45) is 0.865. The molecule has 1 fully saturated rings. The number of hydrogen-bond acceptors (Lipinski definition) is 2. The molecule has 33 heavy (non-hydrogen) atoms. The minimum absolute atomic E-state index is 0.155. The fourth-order valence-electron chi connectivity index (χ4n) is 4.40. The number of allylic oxidation sites excluding steroid dienone is 2. The van der Waals surface area contributed by atoms with E-state index in [1.54, 1.807) is 12.1 Å². The SMILES string of the molecule is C=c1cccc/c1=C(/C=CC)c1cc2c(NC3CCS(=O)CC3)cccc2n1CC(F)(F)F. The van der Waals surface area contributed by atoms with Crippen LogP contribution in [0.1, 0.15) is 25.5 Å². The zero-order valence-corrected chi connectivity index (χ0v) is 19.3. The lowest BCUT2D eigenvalue weighted by Gasteiger charge is -2.24. The maximum Gasteiger partial charge on any atom is 0.406 e. The molecule has 2 aromatic carbocycles. The normalized spacial score (nSPS) is 20.4. The summed E-state index contributed by atoms with van der Waals surface area (Å²) in [5, 5.41) is 5.79. The number of aromatic nitrogens is 1. The fourth-order valence-corrected chi connectivity index (χ4v) is 5.70. The number of fused-ring (bicyclic) bond motifs is 1. The third-order valence-electron chi connectivity index (χ3n) is 5.95. The van der Waals surface area contributed by atoms with Crippen molar-refractivity contribution >= 4 is 39.5 Å². The van der Waals surface area contributed by atoms with E-state index in [-0.39, 0.29) is 6.04 Å². The molecule has 0 saturated carbocycles. The summed E-state index contributed by atoms with van der Waals surface area (Å²) in [4.78, 5) is 0. The molecule has 2 heterocycles. The molecule has 0 radical (unpaired) electrons. The zero-order chi connectivity index (χ0) is 23.6. The van der Waals surface area contributed by atoms with E-state index in [2.05, 4.69) is 11.9 Å². The number of anilines is 1. The second-order valence-corrected chi connectivity index (χ2v) is 10.0. The van der Waals surface area contributed by atoms with Gasteiger partial charge in [-0.15, -0.1) is 0 Å². The van der Waals surface area contributed by atoms with Gasteiger partial charge in [-0.25, -0.2) is 0 Å². The Kier molecular flexibility index (Phi) is 6.79. The van der Waals surface area contributed by atoms with Crippen molar-refractivity contribution in [3.8, 4) is 0 Å². The molecular weight excluding hydrogens is 445 g/mol. The van der Waals surface area contributed by atoms with Gasteiger partial charge in [-0.3, -0.25) is 4.21 Å². The number of hydrogen-bond donors (Lipinski definition) is 1. The van der Waals surface area contributed by atoms with Crippen LogP contribution in [0.2, 0.25) is 0 Å².